The number of carbonyl (C=O) groups excluding carboxylic acids is 1. The molecule has 3 unspecified atom stereocenters. The van der Waals surface area contributed by atoms with Crippen LogP contribution in [-0.2, 0) is 9.63 Å². The average molecular weight is 365 g/mol. The monoisotopic (exact) mass is 365 g/mol. The number of rotatable bonds is 4. The molecule has 0 saturated carbocycles. The second-order valence-electron chi connectivity index (χ2n) is 6.76. The Balaban J connectivity index is 1.55. The Morgan fingerprint density at radius 3 is 2.56 bits per heavy atom. The molecule has 2 heterocycles. The van der Waals surface area contributed by atoms with E-state index < -0.39 is 16.9 Å². The first-order valence-corrected chi connectivity index (χ1v) is 8.94. The zero-order valence-electron chi connectivity index (χ0n) is 14.6. The van der Waals surface area contributed by atoms with E-state index in [2.05, 4.69) is 5.16 Å². The molecule has 0 N–H and O–H groups in total. The Labute approximate surface area is 156 Å². The van der Waals surface area contributed by atoms with Crippen molar-refractivity contribution in [3.63, 3.8) is 0 Å². The predicted molar refractivity (Wildman–Crippen MR) is 99.0 cm³/mol. The number of nitro groups is 1. The van der Waals surface area contributed by atoms with Gasteiger partial charge in [-0.2, -0.15) is 0 Å². The SMILES string of the molecule is O=C(C1C=NOC1c1ccc([N+](=O)[O-])cc1)N1CCCC1c1ccccc1. The van der Waals surface area contributed by atoms with Crippen LogP contribution in [0.25, 0.3) is 0 Å². The number of benzene rings is 2. The first-order valence-electron chi connectivity index (χ1n) is 8.94. The van der Waals surface area contributed by atoms with Crippen LogP contribution in [0.1, 0.15) is 36.1 Å². The fourth-order valence-electron chi connectivity index (χ4n) is 3.80. The smallest absolute Gasteiger partial charge is 0.269 e. The van der Waals surface area contributed by atoms with Crippen molar-refractivity contribution in [1.82, 2.24) is 4.90 Å². The zero-order valence-corrected chi connectivity index (χ0v) is 14.6. The molecule has 2 aliphatic rings. The Hall–Kier alpha value is -3.22. The third kappa shape index (κ3) is 3.28. The second kappa shape index (κ2) is 7.19. The molecule has 0 radical (unpaired) electrons. The van der Waals surface area contributed by atoms with Crippen molar-refractivity contribution < 1.29 is 14.6 Å². The molecule has 2 aromatic rings. The number of carbonyl (C=O) groups is 1. The van der Waals surface area contributed by atoms with E-state index >= 15 is 0 Å². The lowest BCUT2D eigenvalue weighted by Gasteiger charge is -2.28. The van der Waals surface area contributed by atoms with Crippen LogP contribution in [0.5, 0.6) is 0 Å². The Morgan fingerprint density at radius 2 is 1.85 bits per heavy atom. The fourth-order valence-corrected chi connectivity index (χ4v) is 3.80. The zero-order chi connectivity index (χ0) is 18.8. The maximum Gasteiger partial charge on any atom is 0.269 e. The molecule has 3 atom stereocenters. The molecule has 27 heavy (non-hydrogen) atoms. The largest absolute Gasteiger partial charge is 0.387 e. The molecule has 1 amide bonds. The van der Waals surface area contributed by atoms with Crippen molar-refractivity contribution in [2.75, 3.05) is 6.54 Å². The van der Waals surface area contributed by atoms with Crippen LogP contribution in [0.3, 0.4) is 0 Å². The lowest BCUT2D eigenvalue weighted by Crippen LogP contribution is -2.37. The molecule has 0 aromatic heterocycles. The van der Waals surface area contributed by atoms with Crippen LogP contribution in [0.2, 0.25) is 0 Å². The number of nitro benzene ring substituents is 1. The van der Waals surface area contributed by atoms with E-state index in [1.165, 1.54) is 18.3 Å². The van der Waals surface area contributed by atoms with E-state index in [-0.39, 0.29) is 17.6 Å². The van der Waals surface area contributed by atoms with Crippen molar-refractivity contribution in [3.05, 3.63) is 75.8 Å². The van der Waals surface area contributed by atoms with Crippen LogP contribution in [0.15, 0.2) is 59.8 Å². The summed E-state index contributed by atoms with van der Waals surface area (Å²) >= 11 is 0. The lowest BCUT2D eigenvalue weighted by atomic mass is 9.94. The minimum Gasteiger partial charge on any atom is -0.387 e. The average Bonchev–Trinajstić information content (AvgIpc) is 3.38. The number of amides is 1. The molecule has 2 aliphatic heterocycles. The molecule has 0 aliphatic carbocycles. The molecular weight excluding hydrogens is 346 g/mol. The van der Waals surface area contributed by atoms with Crippen LogP contribution in [0.4, 0.5) is 5.69 Å². The number of likely N-dealkylation sites (tertiary alicyclic amines) is 1. The summed E-state index contributed by atoms with van der Waals surface area (Å²) in [6.07, 6.45) is 2.87. The summed E-state index contributed by atoms with van der Waals surface area (Å²) in [5.41, 5.74) is 1.84. The van der Waals surface area contributed by atoms with Gasteiger partial charge in [-0.15, -0.1) is 0 Å². The van der Waals surface area contributed by atoms with Gasteiger partial charge in [0, 0.05) is 18.7 Å². The predicted octanol–water partition coefficient (Wildman–Crippen LogP) is 3.63. The highest BCUT2D eigenvalue weighted by Crippen LogP contribution is 2.37. The van der Waals surface area contributed by atoms with Gasteiger partial charge in [-0.25, -0.2) is 0 Å². The summed E-state index contributed by atoms with van der Waals surface area (Å²) in [6.45, 7) is 0.704. The van der Waals surface area contributed by atoms with Gasteiger partial charge in [0.05, 0.1) is 17.2 Å². The first kappa shape index (κ1) is 17.2. The molecule has 1 saturated heterocycles. The highest BCUT2D eigenvalue weighted by Gasteiger charge is 2.40. The first-order chi connectivity index (χ1) is 13.1. The Bertz CT molecular complexity index is 867. The van der Waals surface area contributed by atoms with E-state index in [1.54, 1.807) is 12.1 Å². The van der Waals surface area contributed by atoms with Crippen molar-refractivity contribution in [2.45, 2.75) is 25.0 Å². The van der Waals surface area contributed by atoms with Crippen molar-refractivity contribution in [3.8, 4) is 0 Å². The standard InChI is InChI=1S/C20H19N3O4/c24-20(22-12-4-7-18(22)14-5-2-1-3-6-14)17-13-21-27-19(17)15-8-10-16(11-9-15)23(25)26/h1-3,5-6,8-11,13,17-19H,4,7,12H2. The molecule has 0 bridgehead atoms. The van der Waals surface area contributed by atoms with Crippen molar-refractivity contribution in [1.29, 1.82) is 0 Å². The number of nitrogens with zero attached hydrogens (tertiary/aromatic N) is 3. The Kier molecular flexibility index (Phi) is 4.58. The maximum absolute atomic E-state index is 13.2. The number of oxime groups is 1. The molecule has 2 aromatic carbocycles. The van der Waals surface area contributed by atoms with Crippen LogP contribution in [0, 0.1) is 16.0 Å². The Morgan fingerprint density at radius 1 is 1.11 bits per heavy atom. The van der Waals surface area contributed by atoms with E-state index in [0.29, 0.717) is 12.1 Å². The third-order valence-corrected chi connectivity index (χ3v) is 5.16. The van der Waals surface area contributed by atoms with Crippen molar-refractivity contribution >= 4 is 17.8 Å². The van der Waals surface area contributed by atoms with E-state index in [4.69, 9.17) is 4.84 Å². The van der Waals surface area contributed by atoms with Gasteiger partial charge in [-0.05, 0) is 36.1 Å². The summed E-state index contributed by atoms with van der Waals surface area (Å²) in [7, 11) is 0. The van der Waals surface area contributed by atoms with Gasteiger partial charge in [0.1, 0.15) is 5.92 Å². The summed E-state index contributed by atoms with van der Waals surface area (Å²) < 4.78 is 0. The fraction of sp³-hybridized carbons (Fsp3) is 0.300. The normalized spacial score (nSPS) is 24.0. The van der Waals surface area contributed by atoms with Crippen LogP contribution >= 0.6 is 0 Å². The lowest BCUT2D eigenvalue weighted by molar-refractivity contribution is -0.384. The minimum absolute atomic E-state index is 0.00391. The minimum atomic E-state index is -0.560. The van der Waals surface area contributed by atoms with Crippen LogP contribution < -0.4 is 0 Å². The number of non-ortho nitro benzene ring substituents is 1. The third-order valence-electron chi connectivity index (χ3n) is 5.16. The van der Waals surface area contributed by atoms with E-state index in [0.717, 1.165) is 18.4 Å². The van der Waals surface area contributed by atoms with Gasteiger partial charge < -0.3 is 9.74 Å². The van der Waals surface area contributed by atoms with E-state index in [9.17, 15) is 14.9 Å². The number of hydrogen-bond donors (Lipinski definition) is 0. The molecule has 7 heteroatoms. The molecular formula is C20H19N3O4. The molecule has 1 fully saturated rings. The summed E-state index contributed by atoms with van der Waals surface area (Å²) in [6, 6.07) is 16.2. The van der Waals surface area contributed by atoms with Crippen molar-refractivity contribution in [2.24, 2.45) is 11.1 Å². The van der Waals surface area contributed by atoms with Crippen LogP contribution in [-0.4, -0.2) is 28.5 Å². The highest BCUT2D eigenvalue weighted by molar-refractivity contribution is 5.95. The quantitative estimate of drug-likeness (QED) is 0.612. The summed E-state index contributed by atoms with van der Waals surface area (Å²) in [4.78, 5) is 31.0. The molecule has 7 nitrogen and oxygen atoms in total. The van der Waals surface area contributed by atoms with E-state index in [1.807, 2.05) is 35.2 Å². The van der Waals surface area contributed by atoms with Gasteiger partial charge >= 0.3 is 0 Å². The van der Waals surface area contributed by atoms with Gasteiger partial charge in [-0.1, -0.05) is 35.5 Å². The maximum atomic E-state index is 13.2. The van der Waals surface area contributed by atoms with Gasteiger partial charge in [0.25, 0.3) is 5.69 Å². The highest BCUT2D eigenvalue weighted by atomic mass is 16.6. The van der Waals surface area contributed by atoms with Gasteiger partial charge in [0.2, 0.25) is 5.91 Å². The topological polar surface area (TPSA) is 85.0 Å². The molecule has 138 valence electrons. The second-order valence-corrected chi connectivity index (χ2v) is 6.76. The molecule has 0 spiro atoms. The molecule has 4 rings (SSSR count). The summed E-state index contributed by atoms with van der Waals surface area (Å²) in [5.74, 6) is -0.554. The van der Waals surface area contributed by atoms with Gasteiger partial charge in [-0.3, -0.25) is 14.9 Å². The van der Waals surface area contributed by atoms with Gasteiger partial charge in [0.15, 0.2) is 6.10 Å². The number of hydrogen-bond acceptors (Lipinski definition) is 5. The summed E-state index contributed by atoms with van der Waals surface area (Å²) in [5, 5.41) is 14.7.